The van der Waals surface area contributed by atoms with Crippen molar-refractivity contribution < 1.29 is 9.13 Å². The monoisotopic (exact) mass is 495 g/mol. The van der Waals surface area contributed by atoms with Crippen molar-refractivity contribution in [3.63, 3.8) is 0 Å². The van der Waals surface area contributed by atoms with Crippen LogP contribution in [0.3, 0.4) is 0 Å². The van der Waals surface area contributed by atoms with Crippen molar-refractivity contribution in [3.8, 4) is 5.69 Å². The van der Waals surface area contributed by atoms with E-state index in [0.717, 1.165) is 60.3 Å². The van der Waals surface area contributed by atoms with E-state index in [4.69, 9.17) is 16.3 Å². The van der Waals surface area contributed by atoms with Crippen molar-refractivity contribution in [1.82, 2.24) is 29.6 Å². The maximum atomic E-state index is 14.9. The molecule has 3 fully saturated rings. The first kappa shape index (κ1) is 21.6. The Kier molecular flexibility index (Phi) is 4.75. The third-order valence-electron chi connectivity index (χ3n) is 7.96. The van der Waals surface area contributed by atoms with Crippen LogP contribution in [0.2, 0.25) is 5.02 Å². The second-order valence-electron chi connectivity index (χ2n) is 10.8. The smallest absolute Gasteiger partial charge is 0.169 e. The van der Waals surface area contributed by atoms with E-state index in [1.165, 1.54) is 0 Å². The summed E-state index contributed by atoms with van der Waals surface area (Å²) in [5, 5.41) is 9.93. The Hall–Kier alpha value is -2.62. The van der Waals surface area contributed by atoms with Crippen LogP contribution < -0.4 is 4.90 Å². The molecule has 5 heterocycles. The zero-order chi connectivity index (χ0) is 23.8. The summed E-state index contributed by atoms with van der Waals surface area (Å²) in [4.78, 5) is 13.3. The van der Waals surface area contributed by atoms with Crippen LogP contribution in [0.25, 0.3) is 5.69 Å². The average Bonchev–Trinajstić information content (AvgIpc) is 3.08. The van der Waals surface area contributed by atoms with Gasteiger partial charge in [0, 0.05) is 54.9 Å². The number of anilines is 1. The molecule has 1 saturated carbocycles. The normalized spacial score (nSPS) is 22.5. The molecule has 0 unspecified atom stereocenters. The summed E-state index contributed by atoms with van der Waals surface area (Å²) in [5.74, 6) is 3.21. The minimum Gasteiger partial charge on any atom is -0.375 e. The van der Waals surface area contributed by atoms with Crippen LogP contribution in [0, 0.1) is 12.3 Å². The molecule has 7 rings (SSSR count). The zero-order valence-electron chi connectivity index (χ0n) is 19.6. The van der Waals surface area contributed by atoms with Crippen molar-refractivity contribution in [2.45, 2.75) is 44.4 Å². The number of fused-ring (bicyclic) bond motifs is 3. The Morgan fingerprint density at radius 1 is 1.11 bits per heavy atom. The zero-order valence-corrected chi connectivity index (χ0v) is 20.4. The molecule has 10 heteroatoms. The van der Waals surface area contributed by atoms with Gasteiger partial charge in [-0.3, -0.25) is 14.5 Å². The van der Waals surface area contributed by atoms with Crippen LogP contribution in [0.15, 0.2) is 30.6 Å². The topological polar surface area (TPSA) is 72.2 Å². The SMILES string of the molecule is Cc1nccnc1N1CC2(CC(c3nnc4n3-c3ccc(Cl)cc3CN(CC3(F)COC3)C4)C2)C1. The molecule has 2 aromatic heterocycles. The second-order valence-corrected chi connectivity index (χ2v) is 11.2. The van der Waals surface area contributed by atoms with Crippen LogP contribution in [-0.4, -0.2) is 68.1 Å². The van der Waals surface area contributed by atoms with Gasteiger partial charge in [0.2, 0.25) is 0 Å². The van der Waals surface area contributed by atoms with Crippen LogP contribution >= 0.6 is 11.6 Å². The first-order valence-electron chi connectivity index (χ1n) is 12.2. The van der Waals surface area contributed by atoms with Gasteiger partial charge >= 0.3 is 0 Å². The van der Waals surface area contributed by atoms with Gasteiger partial charge < -0.3 is 9.64 Å². The summed E-state index contributed by atoms with van der Waals surface area (Å²) >= 11 is 6.36. The average molecular weight is 496 g/mol. The van der Waals surface area contributed by atoms with Gasteiger partial charge in [-0.15, -0.1) is 10.2 Å². The molecule has 0 bridgehead atoms. The molecule has 0 N–H and O–H groups in total. The molecule has 8 nitrogen and oxygen atoms in total. The third-order valence-corrected chi connectivity index (χ3v) is 8.19. The minimum atomic E-state index is -1.30. The number of aromatic nitrogens is 5. The fraction of sp³-hybridized carbons (Fsp3) is 0.520. The Morgan fingerprint density at radius 2 is 1.91 bits per heavy atom. The van der Waals surface area contributed by atoms with Crippen LogP contribution in [0.4, 0.5) is 10.2 Å². The molecule has 3 aromatic rings. The molecular formula is C25H27ClFN7O. The number of alkyl halides is 1. The van der Waals surface area contributed by atoms with E-state index >= 15 is 0 Å². The summed E-state index contributed by atoms with van der Waals surface area (Å²) in [6.07, 6.45) is 5.67. The van der Waals surface area contributed by atoms with E-state index in [2.05, 4.69) is 34.5 Å². The first-order chi connectivity index (χ1) is 16.9. The quantitative estimate of drug-likeness (QED) is 0.549. The molecule has 3 aliphatic heterocycles. The van der Waals surface area contributed by atoms with Crippen LogP contribution in [0.1, 0.15) is 41.7 Å². The lowest BCUT2D eigenvalue weighted by molar-refractivity contribution is -0.142. The van der Waals surface area contributed by atoms with Crippen molar-refractivity contribution in [3.05, 3.63) is 58.5 Å². The van der Waals surface area contributed by atoms with Gasteiger partial charge in [0.05, 0.1) is 31.1 Å². The van der Waals surface area contributed by atoms with Crippen molar-refractivity contribution in [2.75, 3.05) is 37.7 Å². The lowest BCUT2D eigenvalue weighted by Gasteiger charge is -2.59. The Bertz CT molecular complexity index is 1290. The predicted octanol–water partition coefficient (Wildman–Crippen LogP) is 3.46. The van der Waals surface area contributed by atoms with E-state index in [9.17, 15) is 4.39 Å². The number of hydrogen-bond acceptors (Lipinski definition) is 7. The third kappa shape index (κ3) is 3.55. The van der Waals surface area contributed by atoms with Crippen LogP contribution in [-0.2, 0) is 17.8 Å². The Labute approximate surface area is 208 Å². The molecule has 0 radical (unpaired) electrons. The van der Waals surface area contributed by atoms with Gasteiger partial charge in [-0.25, -0.2) is 9.37 Å². The van der Waals surface area contributed by atoms with Gasteiger partial charge in [0.1, 0.15) is 11.6 Å². The Balaban J connectivity index is 1.14. The fourth-order valence-corrected chi connectivity index (χ4v) is 6.53. The minimum absolute atomic E-state index is 0.152. The largest absolute Gasteiger partial charge is 0.375 e. The molecular weight excluding hydrogens is 469 g/mol. The molecule has 0 atom stereocenters. The van der Waals surface area contributed by atoms with E-state index in [1.807, 2.05) is 25.1 Å². The standard InChI is InChI=1S/C25H27ClFN7O/c1-16-22(29-5-4-28-16)33-11-24(12-33)7-18(8-24)23-31-30-21-10-32(13-25(27)14-35-15-25)9-17-6-19(26)2-3-20(17)34(21)23/h2-6,18H,7-15H2,1H3. The lowest BCUT2D eigenvalue weighted by atomic mass is 9.57. The maximum Gasteiger partial charge on any atom is 0.169 e. The molecule has 35 heavy (non-hydrogen) atoms. The fourth-order valence-electron chi connectivity index (χ4n) is 6.33. The molecule has 4 aliphatic rings. The highest BCUT2D eigenvalue weighted by molar-refractivity contribution is 6.30. The van der Waals surface area contributed by atoms with Crippen LogP contribution in [0.5, 0.6) is 0 Å². The molecule has 182 valence electrons. The number of aryl methyl sites for hydroxylation is 1. The summed E-state index contributed by atoms with van der Waals surface area (Å²) in [5.41, 5.74) is 2.11. The highest BCUT2D eigenvalue weighted by Crippen LogP contribution is 2.56. The van der Waals surface area contributed by atoms with Gasteiger partial charge in [0.25, 0.3) is 0 Å². The van der Waals surface area contributed by atoms with Gasteiger partial charge in [0.15, 0.2) is 11.5 Å². The second kappa shape index (κ2) is 7.69. The van der Waals surface area contributed by atoms with Gasteiger partial charge in [-0.05, 0) is 43.5 Å². The number of hydrogen-bond donors (Lipinski definition) is 0. The molecule has 2 saturated heterocycles. The van der Waals surface area contributed by atoms with Gasteiger partial charge in [-0.1, -0.05) is 11.6 Å². The van der Waals surface area contributed by atoms with Gasteiger partial charge in [-0.2, -0.15) is 0 Å². The van der Waals surface area contributed by atoms with Crippen molar-refractivity contribution in [1.29, 1.82) is 0 Å². The van der Waals surface area contributed by atoms with Crippen molar-refractivity contribution >= 4 is 17.4 Å². The maximum absolute atomic E-state index is 14.9. The summed E-state index contributed by atoms with van der Waals surface area (Å²) < 4.78 is 22.3. The molecule has 0 amide bonds. The predicted molar refractivity (Wildman–Crippen MR) is 129 cm³/mol. The highest BCUT2D eigenvalue weighted by atomic mass is 35.5. The number of rotatable bonds is 4. The van der Waals surface area contributed by atoms with E-state index in [1.54, 1.807) is 12.4 Å². The summed E-state index contributed by atoms with van der Waals surface area (Å²) in [6, 6.07) is 5.95. The van der Waals surface area contributed by atoms with E-state index in [0.29, 0.717) is 36.0 Å². The highest BCUT2D eigenvalue weighted by Gasteiger charge is 2.54. The number of benzene rings is 1. The van der Waals surface area contributed by atoms with Crippen molar-refractivity contribution in [2.24, 2.45) is 5.41 Å². The molecule has 1 spiro atoms. The number of halogens is 2. The molecule has 1 aliphatic carbocycles. The van der Waals surface area contributed by atoms with E-state index < -0.39 is 5.67 Å². The summed E-state index contributed by atoms with van der Waals surface area (Å²) in [6.45, 7) is 5.80. The molecule has 1 aromatic carbocycles. The first-order valence-corrected chi connectivity index (χ1v) is 12.5. The van der Waals surface area contributed by atoms with E-state index in [-0.39, 0.29) is 13.2 Å². The lowest BCUT2D eigenvalue weighted by Crippen LogP contribution is -2.62. The number of ether oxygens (including phenoxy) is 1. The Morgan fingerprint density at radius 3 is 2.66 bits per heavy atom. The number of nitrogens with zero attached hydrogens (tertiary/aromatic N) is 7. The summed E-state index contributed by atoms with van der Waals surface area (Å²) in [7, 11) is 0.